The summed E-state index contributed by atoms with van der Waals surface area (Å²) in [6.07, 6.45) is 6.07. The molecule has 0 aromatic heterocycles. The highest BCUT2D eigenvalue weighted by molar-refractivity contribution is 4.70. The molecular formula is C9H18NO. The fraction of sp³-hybridized carbons (Fsp3) is 1.00. The van der Waals surface area contributed by atoms with Crippen LogP contribution in [0.15, 0.2) is 0 Å². The van der Waals surface area contributed by atoms with Crippen LogP contribution in [0.2, 0.25) is 0 Å². The molecule has 1 aliphatic heterocycles. The van der Waals surface area contributed by atoms with Crippen LogP contribution in [0, 0.1) is 5.92 Å². The molecule has 1 unspecified atom stereocenters. The van der Waals surface area contributed by atoms with Crippen molar-refractivity contribution in [3.8, 4) is 0 Å². The number of rotatable bonds is 5. The maximum Gasteiger partial charge on any atom is 0.0431 e. The lowest BCUT2D eigenvalue weighted by Crippen LogP contribution is -2.02. The second-order valence-electron chi connectivity index (χ2n) is 3.36. The molecule has 1 fully saturated rings. The molecule has 1 radical (unpaired) electrons. The lowest BCUT2D eigenvalue weighted by Gasteiger charge is -2.05. The van der Waals surface area contributed by atoms with Crippen molar-refractivity contribution in [2.24, 2.45) is 5.92 Å². The van der Waals surface area contributed by atoms with Crippen LogP contribution in [0.5, 0.6) is 0 Å². The van der Waals surface area contributed by atoms with Crippen molar-refractivity contribution < 1.29 is 5.11 Å². The van der Waals surface area contributed by atoms with E-state index in [-0.39, 0.29) is 0 Å². The minimum Gasteiger partial charge on any atom is -0.396 e. The normalized spacial score (nSPS) is 24.3. The van der Waals surface area contributed by atoms with Gasteiger partial charge in [0.15, 0.2) is 0 Å². The number of aliphatic hydroxyl groups is 1. The molecule has 1 aliphatic rings. The first-order chi connectivity index (χ1) is 5.43. The molecule has 1 atom stereocenters. The highest BCUT2D eigenvalue weighted by atomic mass is 16.2. The van der Waals surface area contributed by atoms with E-state index < -0.39 is 0 Å². The largest absolute Gasteiger partial charge is 0.396 e. The maximum atomic E-state index is 8.54. The second kappa shape index (κ2) is 5.56. The van der Waals surface area contributed by atoms with Crippen LogP contribution < -0.4 is 5.32 Å². The Labute approximate surface area is 69.0 Å². The minimum atomic E-state index is 0.356. The van der Waals surface area contributed by atoms with Gasteiger partial charge in [0.1, 0.15) is 0 Å². The zero-order valence-electron chi connectivity index (χ0n) is 7.13. The zero-order chi connectivity index (χ0) is 7.94. The van der Waals surface area contributed by atoms with Crippen molar-refractivity contribution in [3.05, 3.63) is 0 Å². The van der Waals surface area contributed by atoms with Gasteiger partial charge in [-0.05, 0) is 25.2 Å². The molecule has 1 saturated heterocycles. The van der Waals surface area contributed by atoms with Crippen LogP contribution in [0.4, 0.5) is 0 Å². The van der Waals surface area contributed by atoms with Gasteiger partial charge in [-0.3, -0.25) is 0 Å². The quantitative estimate of drug-likeness (QED) is 0.596. The van der Waals surface area contributed by atoms with Gasteiger partial charge in [0, 0.05) is 19.7 Å². The number of nitrogens with zero attached hydrogens (tertiary/aromatic N) is 1. The fourth-order valence-corrected chi connectivity index (χ4v) is 1.60. The Morgan fingerprint density at radius 1 is 1.27 bits per heavy atom. The third-order valence-corrected chi connectivity index (χ3v) is 2.35. The van der Waals surface area contributed by atoms with Gasteiger partial charge < -0.3 is 5.11 Å². The summed E-state index contributed by atoms with van der Waals surface area (Å²) in [5, 5.41) is 12.9. The molecular weight excluding hydrogens is 138 g/mol. The van der Waals surface area contributed by atoms with Crippen LogP contribution in [-0.4, -0.2) is 24.8 Å². The van der Waals surface area contributed by atoms with E-state index in [4.69, 9.17) is 5.11 Å². The molecule has 0 bridgehead atoms. The first-order valence-corrected chi connectivity index (χ1v) is 4.67. The summed E-state index contributed by atoms with van der Waals surface area (Å²) in [4.78, 5) is 0. The summed E-state index contributed by atoms with van der Waals surface area (Å²) in [6.45, 7) is 2.54. The Hall–Kier alpha value is -0.0800. The van der Waals surface area contributed by atoms with Crippen molar-refractivity contribution in [3.63, 3.8) is 0 Å². The topological polar surface area (TPSA) is 34.3 Å². The van der Waals surface area contributed by atoms with Gasteiger partial charge in [0.05, 0.1) is 0 Å². The van der Waals surface area contributed by atoms with Gasteiger partial charge in [-0.2, -0.15) is 0 Å². The standard InChI is InChI=1S/C9H18NO/c11-7-3-1-2-4-9-5-6-10-8-9/h9,11H,1-8H2. The third kappa shape index (κ3) is 3.73. The van der Waals surface area contributed by atoms with Crippen molar-refractivity contribution in [2.75, 3.05) is 19.7 Å². The average molecular weight is 156 g/mol. The third-order valence-electron chi connectivity index (χ3n) is 2.35. The molecule has 11 heavy (non-hydrogen) atoms. The van der Waals surface area contributed by atoms with Gasteiger partial charge in [-0.1, -0.05) is 12.8 Å². The van der Waals surface area contributed by atoms with Gasteiger partial charge in [-0.25, -0.2) is 5.32 Å². The summed E-state index contributed by atoms with van der Waals surface area (Å²) in [7, 11) is 0. The average Bonchev–Trinajstić information content (AvgIpc) is 2.50. The van der Waals surface area contributed by atoms with E-state index in [1.165, 1.54) is 25.7 Å². The Morgan fingerprint density at radius 2 is 2.18 bits per heavy atom. The first kappa shape index (κ1) is 9.01. The van der Waals surface area contributed by atoms with Gasteiger partial charge in [0.2, 0.25) is 0 Å². The Balaban J connectivity index is 1.86. The van der Waals surface area contributed by atoms with Crippen molar-refractivity contribution in [1.29, 1.82) is 0 Å². The van der Waals surface area contributed by atoms with E-state index in [0.29, 0.717) is 6.61 Å². The highest BCUT2D eigenvalue weighted by Crippen LogP contribution is 2.16. The van der Waals surface area contributed by atoms with E-state index >= 15 is 0 Å². The number of hydrogen-bond donors (Lipinski definition) is 1. The monoisotopic (exact) mass is 156 g/mol. The predicted octanol–water partition coefficient (Wildman–Crippen LogP) is 1.16. The summed E-state index contributed by atoms with van der Waals surface area (Å²) < 4.78 is 0. The SMILES string of the molecule is OCCCCCC1CC[N]C1. The molecule has 0 aliphatic carbocycles. The Kier molecular flexibility index (Phi) is 4.55. The van der Waals surface area contributed by atoms with E-state index in [1.54, 1.807) is 0 Å². The lowest BCUT2D eigenvalue weighted by atomic mass is 10.0. The van der Waals surface area contributed by atoms with Crippen molar-refractivity contribution in [1.82, 2.24) is 5.32 Å². The molecule has 1 heterocycles. The summed E-state index contributed by atoms with van der Waals surface area (Å²) in [5.41, 5.74) is 0. The second-order valence-corrected chi connectivity index (χ2v) is 3.36. The van der Waals surface area contributed by atoms with Gasteiger partial charge in [0.25, 0.3) is 0 Å². The van der Waals surface area contributed by atoms with E-state index in [9.17, 15) is 0 Å². The van der Waals surface area contributed by atoms with Crippen molar-refractivity contribution >= 4 is 0 Å². The molecule has 2 heteroatoms. The molecule has 0 aromatic rings. The van der Waals surface area contributed by atoms with Crippen LogP contribution in [0.25, 0.3) is 0 Å². The Bertz CT molecular complexity index is 89.6. The van der Waals surface area contributed by atoms with Crippen LogP contribution in [0.3, 0.4) is 0 Å². The van der Waals surface area contributed by atoms with E-state index in [2.05, 4.69) is 5.32 Å². The van der Waals surface area contributed by atoms with Crippen LogP contribution >= 0.6 is 0 Å². The maximum absolute atomic E-state index is 8.54. The van der Waals surface area contributed by atoms with Crippen molar-refractivity contribution in [2.45, 2.75) is 32.1 Å². The molecule has 0 aromatic carbocycles. The van der Waals surface area contributed by atoms with Crippen LogP contribution in [-0.2, 0) is 0 Å². The molecule has 65 valence electrons. The molecule has 0 spiro atoms. The fourth-order valence-electron chi connectivity index (χ4n) is 1.60. The summed E-state index contributed by atoms with van der Waals surface area (Å²) >= 11 is 0. The first-order valence-electron chi connectivity index (χ1n) is 4.67. The van der Waals surface area contributed by atoms with Crippen LogP contribution in [0.1, 0.15) is 32.1 Å². The number of unbranched alkanes of at least 4 members (excludes halogenated alkanes) is 2. The van der Waals surface area contributed by atoms with E-state index in [1.807, 2.05) is 0 Å². The number of hydrogen-bond acceptors (Lipinski definition) is 1. The molecule has 1 N–H and O–H groups in total. The molecule has 0 amide bonds. The van der Waals surface area contributed by atoms with E-state index in [0.717, 1.165) is 25.4 Å². The summed E-state index contributed by atoms with van der Waals surface area (Å²) in [6, 6.07) is 0. The highest BCUT2D eigenvalue weighted by Gasteiger charge is 2.13. The zero-order valence-corrected chi connectivity index (χ0v) is 7.13. The number of aliphatic hydroxyl groups excluding tert-OH is 1. The van der Waals surface area contributed by atoms with Gasteiger partial charge >= 0.3 is 0 Å². The molecule has 0 saturated carbocycles. The Morgan fingerprint density at radius 3 is 2.82 bits per heavy atom. The molecule has 1 rings (SSSR count). The molecule has 2 nitrogen and oxygen atoms in total. The minimum absolute atomic E-state index is 0.356. The predicted molar refractivity (Wildman–Crippen MR) is 45.5 cm³/mol. The lowest BCUT2D eigenvalue weighted by molar-refractivity contribution is 0.281. The van der Waals surface area contributed by atoms with Gasteiger partial charge in [-0.15, -0.1) is 0 Å². The summed E-state index contributed by atoms with van der Waals surface area (Å²) in [5.74, 6) is 0.869. The smallest absolute Gasteiger partial charge is 0.0431 e.